The highest BCUT2D eigenvalue weighted by Gasteiger charge is 1.95. The van der Waals surface area contributed by atoms with E-state index in [9.17, 15) is 9.13 Å². The lowest BCUT2D eigenvalue weighted by Crippen LogP contribution is -1.88. The van der Waals surface area contributed by atoms with Crippen molar-refractivity contribution in [2.24, 2.45) is 0 Å². The molecule has 0 saturated carbocycles. The SMILES string of the molecule is C[PH](=O)OCCCCCCCCCCO[PH](C)=O. The molecule has 0 bridgehead atoms. The summed E-state index contributed by atoms with van der Waals surface area (Å²) in [4.78, 5) is 0. The van der Waals surface area contributed by atoms with Gasteiger partial charge in [-0.15, -0.1) is 0 Å². The summed E-state index contributed by atoms with van der Waals surface area (Å²) < 4.78 is 31.4. The van der Waals surface area contributed by atoms with Crippen LogP contribution in [0.2, 0.25) is 0 Å². The molecule has 0 spiro atoms. The van der Waals surface area contributed by atoms with Gasteiger partial charge in [0.25, 0.3) is 0 Å². The summed E-state index contributed by atoms with van der Waals surface area (Å²) in [6, 6.07) is 0. The fraction of sp³-hybridized carbons (Fsp3) is 1.00. The van der Waals surface area contributed by atoms with Crippen LogP contribution in [0.3, 0.4) is 0 Å². The van der Waals surface area contributed by atoms with Gasteiger partial charge in [0.15, 0.2) is 16.1 Å². The Hall–Kier alpha value is 0.380. The largest absolute Gasteiger partial charge is 0.331 e. The molecule has 18 heavy (non-hydrogen) atoms. The third kappa shape index (κ3) is 16.4. The van der Waals surface area contributed by atoms with Gasteiger partial charge in [-0.3, -0.25) is 9.13 Å². The molecule has 0 fully saturated rings. The molecule has 0 saturated heterocycles. The van der Waals surface area contributed by atoms with Crippen molar-refractivity contribution in [1.82, 2.24) is 0 Å². The molecule has 0 aliphatic carbocycles. The Morgan fingerprint density at radius 1 is 0.611 bits per heavy atom. The van der Waals surface area contributed by atoms with Gasteiger partial charge < -0.3 is 9.05 Å². The van der Waals surface area contributed by atoms with Crippen molar-refractivity contribution >= 4 is 16.1 Å². The minimum absolute atomic E-state index is 0.641. The Morgan fingerprint density at radius 3 is 1.17 bits per heavy atom. The second-order valence-corrected chi connectivity index (χ2v) is 7.05. The molecule has 0 aromatic carbocycles. The van der Waals surface area contributed by atoms with Crippen LogP contribution in [0.5, 0.6) is 0 Å². The first-order chi connectivity index (χ1) is 8.63. The van der Waals surface area contributed by atoms with Crippen LogP contribution < -0.4 is 0 Å². The van der Waals surface area contributed by atoms with Crippen molar-refractivity contribution in [3.05, 3.63) is 0 Å². The van der Waals surface area contributed by atoms with Crippen LogP contribution in [0.25, 0.3) is 0 Å². The first-order valence-corrected chi connectivity index (χ1v) is 10.5. The second-order valence-electron chi connectivity index (χ2n) is 4.51. The van der Waals surface area contributed by atoms with E-state index in [1.54, 1.807) is 13.3 Å². The molecule has 2 atom stereocenters. The molecule has 2 unspecified atom stereocenters. The quantitative estimate of drug-likeness (QED) is 0.375. The third-order valence-corrected chi connectivity index (χ3v) is 3.87. The van der Waals surface area contributed by atoms with E-state index in [-0.39, 0.29) is 0 Å². The lowest BCUT2D eigenvalue weighted by molar-refractivity contribution is 0.315. The minimum atomic E-state index is -1.73. The van der Waals surface area contributed by atoms with Crippen LogP contribution >= 0.6 is 16.1 Å². The van der Waals surface area contributed by atoms with Crippen LogP contribution in [0.1, 0.15) is 51.4 Å². The summed E-state index contributed by atoms with van der Waals surface area (Å²) in [5.74, 6) is 0. The lowest BCUT2D eigenvalue weighted by Gasteiger charge is -2.03. The highest BCUT2D eigenvalue weighted by molar-refractivity contribution is 7.38. The standard InChI is InChI=1S/C12H28O4P2/c1-17(13)15-11-9-7-5-3-4-6-8-10-12-16-18(2)14/h17-18H,3-12H2,1-2H3. The summed E-state index contributed by atoms with van der Waals surface area (Å²) >= 11 is 0. The maximum Gasteiger partial charge on any atom is 0.188 e. The van der Waals surface area contributed by atoms with E-state index >= 15 is 0 Å². The molecule has 0 rings (SSSR count). The molecule has 0 aromatic rings. The summed E-state index contributed by atoms with van der Waals surface area (Å²) in [5.41, 5.74) is 0. The Bertz CT molecular complexity index is 210. The number of hydrogen-bond donors (Lipinski definition) is 0. The zero-order valence-corrected chi connectivity index (χ0v) is 13.7. The van der Waals surface area contributed by atoms with Gasteiger partial charge in [-0.25, -0.2) is 0 Å². The smallest absolute Gasteiger partial charge is 0.188 e. The van der Waals surface area contributed by atoms with Crippen LogP contribution in [-0.4, -0.2) is 26.5 Å². The Kier molecular flexibility index (Phi) is 14.1. The number of unbranched alkanes of at least 4 members (excludes halogenated alkanes) is 7. The predicted molar refractivity (Wildman–Crippen MR) is 78.7 cm³/mol. The maximum atomic E-state index is 10.7. The highest BCUT2D eigenvalue weighted by atomic mass is 31.1. The van der Waals surface area contributed by atoms with Gasteiger partial charge >= 0.3 is 0 Å². The van der Waals surface area contributed by atoms with E-state index in [2.05, 4.69) is 0 Å². The van der Waals surface area contributed by atoms with E-state index in [0.29, 0.717) is 13.2 Å². The monoisotopic (exact) mass is 298 g/mol. The molecule has 0 amide bonds. The fourth-order valence-corrected chi connectivity index (χ4v) is 2.56. The molecule has 0 aromatic heterocycles. The van der Waals surface area contributed by atoms with Crippen LogP contribution in [0.15, 0.2) is 0 Å². The minimum Gasteiger partial charge on any atom is -0.331 e. The van der Waals surface area contributed by atoms with E-state index in [0.717, 1.165) is 25.7 Å². The van der Waals surface area contributed by atoms with Gasteiger partial charge in [-0.05, 0) is 12.8 Å². The van der Waals surface area contributed by atoms with E-state index < -0.39 is 16.1 Å². The first-order valence-electron chi connectivity index (χ1n) is 6.89. The molecule has 6 heteroatoms. The van der Waals surface area contributed by atoms with Crippen molar-refractivity contribution in [2.75, 3.05) is 26.5 Å². The number of rotatable bonds is 13. The normalized spacial score (nSPS) is 14.6. The third-order valence-electron chi connectivity index (χ3n) is 2.65. The van der Waals surface area contributed by atoms with Gasteiger partial charge in [-0.1, -0.05) is 38.5 Å². The van der Waals surface area contributed by atoms with Gasteiger partial charge in [0.05, 0.1) is 13.2 Å². The summed E-state index contributed by atoms with van der Waals surface area (Å²) in [6.07, 6.45) is 9.33. The Labute approximate surface area is 113 Å². The van der Waals surface area contributed by atoms with E-state index in [4.69, 9.17) is 9.05 Å². The van der Waals surface area contributed by atoms with E-state index in [1.807, 2.05) is 0 Å². The Balaban J connectivity index is 2.99. The second kappa shape index (κ2) is 13.8. The van der Waals surface area contributed by atoms with Crippen molar-refractivity contribution in [1.29, 1.82) is 0 Å². The molecule has 0 N–H and O–H groups in total. The summed E-state index contributed by atoms with van der Waals surface area (Å²) in [5, 5.41) is 0. The Morgan fingerprint density at radius 2 is 0.889 bits per heavy atom. The molecular formula is C12H28O4P2. The number of hydrogen-bond acceptors (Lipinski definition) is 4. The fourth-order valence-electron chi connectivity index (χ4n) is 1.70. The molecule has 0 heterocycles. The van der Waals surface area contributed by atoms with Crippen molar-refractivity contribution in [2.45, 2.75) is 51.4 Å². The zero-order valence-electron chi connectivity index (χ0n) is 11.7. The average Bonchev–Trinajstić information content (AvgIpc) is 2.29. The lowest BCUT2D eigenvalue weighted by atomic mass is 10.1. The highest BCUT2D eigenvalue weighted by Crippen LogP contribution is 2.17. The molecule has 110 valence electrons. The van der Waals surface area contributed by atoms with Gasteiger partial charge in [0.1, 0.15) is 0 Å². The van der Waals surface area contributed by atoms with E-state index in [1.165, 1.54) is 25.7 Å². The molecule has 0 aliphatic rings. The average molecular weight is 298 g/mol. The molecular weight excluding hydrogens is 270 g/mol. The molecule has 0 radical (unpaired) electrons. The van der Waals surface area contributed by atoms with Crippen LogP contribution in [0, 0.1) is 0 Å². The molecule has 0 aliphatic heterocycles. The predicted octanol–water partition coefficient (Wildman–Crippen LogP) is 4.35. The first kappa shape index (κ1) is 18.4. The van der Waals surface area contributed by atoms with Crippen LogP contribution in [0.4, 0.5) is 0 Å². The van der Waals surface area contributed by atoms with Crippen molar-refractivity contribution < 1.29 is 18.2 Å². The zero-order chi connectivity index (χ0) is 13.6. The topological polar surface area (TPSA) is 52.6 Å². The maximum absolute atomic E-state index is 10.7. The van der Waals surface area contributed by atoms with Crippen molar-refractivity contribution in [3.8, 4) is 0 Å². The van der Waals surface area contributed by atoms with Gasteiger partial charge in [-0.2, -0.15) is 0 Å². The summed E-state index contributed by atoms with van der Waals surface area (Å²) in [7, 11) is -3.46. The molecule has 4 nitrogen and oxygen atoms in total. The van der Waals surface area contributed by atoms with Crippen LogP contribution in [-0.2, 0) is 18.2 Å². The van der Waals surface area contributed by atoms with Gasteiger partial charge in [0.2, 0.25) is 0 Å². The van der Waals surface area contributed by atoms with Crippen molar-refractivity contribution in [3.63, 3.8) is 0 Å². The summed E-state index contributed by atoms with van der Waals surface area (Å²) in [6.45, 7) is 4.54. The van der Waals surface area contributed by atoms with Gasteiger partial charge in [0, 0.05) is 13.3 Å².